The molecule has 3 N–H and O–H groups in total. The van der Waals surface area contributed by atoms with Crippen molar-refractivity contribution in [3.63, 3.8) is 0 Å². The lowest BCUT2D eigenvalue weighted by Gasteiger charge is -2.27. The first kappa shape index (κ1) is 24.0. The van der Waals surface area contributed by atoms with E-state index in [1.807, 2.05) is 12.1 Å². The molecule has 2 aromatic carbocycles. The number of aliphatic carboxylic acids is 1. The molecule has 178 valence electrons. The third-order valence-electron chi connectivity index (χ3n) is 5.76. The fourth-order valence-corrected chi connectivity index (χ4v) is 5.92. The highest BCUT2D eigenvalue weighted by Gasteiger charge is 2.35. The Morgan fingerprint density at radius 1 is 1.06 bits per heavy atom. The first-order chi connectivity index (χ1) is 16.4. The average Bonchev–Trinajstić information content (AvgIpc) is 3.25. The van der Waals surface area contributed by atoms with Crippen LogP contribution in [0, 0.1) is 11.8 Å². The number of fused-ring (bicyclic) bond motifs is 1. The molecule has 2 atom stereocenters. The van der Waals surface area contributed by atoms with Crippen molar-refractivity contribution in [2.45, 2.75) is 30.0 Å². The summed E-state index contributed by atoms with van der Waals surface area (Å²) in [5.74, 6) is -1.50. The van der Waals surface area contributed by atoms with Gasteiger partial charge in [-0.15, -0.1) is 11.3 Å². The lowest BCUT2D eigenvalue weighted by molar-refractivity contribution is -0.147. The number of carbonyl (C=O) groups is 3. The molecule has 8 nitrogen and oxygen atoms in total. The molecule has 1 aliphatic carbocycles. The van der Waals surface area contributed by atoms with Gasteiger partial charge in [0, 0.05) is 11.4 Å². The predicted molar refractivity (Wildman–Crippen MR) is 134 cm³/mol. The number of hydrogen-bond donors (Lipinski definition) is 3. The number of ether oxygens (including phenoxy) is 1. The van der Waals surface area contributed by atoms with Crippen LogP contribution < -0.4 is 15.4 Å². The molecule has 1 saturated carbocycles. The number of nitrogens with one attached hydrogen (secondary N) is 2. The second-order valence-corrected chi connectivity index (χ2v) is 10.3. The molecule has 2 amide bonds. The van der Waals surface area contributed by atoms with E-state index in [0.717, 1.165) is 33.1 Å². The van der Waals surface area contributed by atoms with Crippen molar-refractivity contribution in [2.24, 2.45) is 11.8 Å². The third-order valence-corrected chi connectivity index (χ3v) is 7.92. The van der Waals surface area contributed by atoms with Gasteiger partial charge in [-0.25, -0.2) is 4.98 Å². The largest absolute Gasteiger partial charge is 0.497 e. The van der Waals surface area contributed by atoms with E-state index in [1.54, 1.807) is 37.4 Å². The first-order valence-corrected chi connectivity index (χ1v) is 12.7. The number of carbonyl (C=O) groups excluding carboxylic acids is 2. The SMILES string of the molecule is COc1ccc(NC(=O)CSc2nc3ccc(NC(=O)[C@@H]4CCCC[C@@H]4C(=O)O)cc3s2)cc1. The van der Waals surface area contributed by atoms with Crippen LogP contribution in [0.3, 0.4) is 0 Å². The summed E-state index contributed by atoms with van der Waals surface area (Å²) in [6.07, 6.45) is 2.83. The smallest absolute Gasteiger partial charge is 0.307 e. The van der Waals surface area contributed by atoms with E-state index in [0.29, 0.717) is 24.2 Å². The Hall–Kier alpha value is -3.11. The minimum absolute atomic E-state index is 0.136. The number of anilines is 2. The van der Waals surface area contributed by atoms with Crippen LogP contribution in [0.5, 0.6) is 5.75 Å². The molecule has 0 unspecified atom stereocenters. The molecule has 0 saturated heterocycles. The summed E-state index contributed by atoms with van der Waals surface area (Å²) in [6.45, 7) is 0. The highest BCUT2D eigenvalue weighted by Crippen LogP contribution is 2.33. The lowest BCUT2D eigenvalue weighted by Crippen LogP contribution is -2.36. The Kier molecular flexibility index (Phi) is 7.69. The van der Waals surface area contributed by atoms with E-state index in [2.05, 4.69) is 15.6 Å². The molecule has 1 fully saturated rings. The molecule has 34 heavy (non-hydrogen) atoms. The van der Waals surface area contributed by atoms with Crippen LogP contribution in [0.2, 0.25) is 0 Å². The summed E-state index contributed by atoms with van der Waals surface area (Å²) in [7, 11) is 1.59. The molecule has 3 aromatic rings. The molecule has 0 aliphatic heterocycles. The number of amides is 2. The molecular formula is C24H25N3O5S2. The lowest BCUT2D eigenvalue weighted by atomic mass is 9.78. The van der Waals surface area contributed by atoms with Gasteiger partial charge in [0.2, 0.25) is 11.8 Å². The maximum Gasteiger partial charge on any atom is 0.307 e. The van der Waals surface area contributed by atoms with Crippen molar-refractivity contribution in [2.75, 3.05) is 23.5 Å². The van der Waals surface area contributed by atoms with Crippen molar-refractivity contribution in [1.82, 2.24) is 4.98 Å². The Morgan fingerprint density at radius 2 is 1.76 bits per heavy atom. The number of aromatic nitrogens is 1. The zero-order valence-corrected chi connectivity index (χ0v) is 20.2. The summed E-state index contributed by atoms with van der Waals surface area (Å²) >= 11 is 2.79. The normalized spacial score (nSPS) is 17.8. The average molecular weight is 500 g/mol. The Morgan fingerprint density at radius 3 is 2.47 bits per heavy atom. The number of rotatable bonds is 8. The number of methoxy groups -OCH3 is 1. The second kappa shape index (κ2) is 10.9. The van der Waals surface area contributed by atoms with Gasteiger partial charge in [0.05, 0.1) is 34.9 Å². The van der Waals surface area contributed by atoms with Gasteiger partial charge in [0.25, 0.3) is 0 Å². The van der Waals surface area contributed by atoms with Crippen LogP contribution in [0.15, 0.2) is 46.8 Å². The summed E-state index contributed by atoms with van der Waals surface area (Å²) in [6, 6.07) is 12.5. The van der Waals surface area contributed by atoms with Crippen LogP contribution in [0.25, 0.3) is 10.2 Å². The minimum atomic E-state index is -0.907. The summed E-state index contributed by atoms with van der Waals surface area (Å²) in [4.78, 5) is 41.1. The molecule has 1 heterocycles. The Labute approximate surface area is 205 Å². The van der Waals surface area contributed by atoms with Crippen LogP contribution in [0.4, 0.5) is 11.4 Å². The number of thiazole rings is 1. The van der Waals surface area contributed by atoms with Gasteiger partial charge in [0.1, 0.15) is 5.75 Å². The molecule has 1 aliphatic rings. The number of nitrogens with zero attached hydrogens (tertiary/aromatic N) is 1. The fourth-order valence-electron chi connectivity index (χ4n) is 4.02. The van der Waals surface area contributed by atoms with E-state index < -0.39 is 17.8 Å². The quantitative estimate of drug-likeness (QED) is 0.379. The van der Waals surface area contributed by atoms with Gasteiger partial charge in [0.15, 0.2) is 4.34 Å². The molecule has 10 heteroatoms. The first-order valence-electron chi connectivity index (χ1n) is 10.9. The van der Waals surface area contributed by atoms with E-state index >= 15 is 0 Å². The van der Waals surface area contributed by atoms with Crippen molar-refractivity contribution in [3.05, 3.63) is 42.5 Å². The number of thioether (sulfide) groups is 1. The van der Waals surface area contributed by atoms with Crippen molar-refractivity contribution in [1.29, 1.82) is 0 Å². The molecule has 0 spiro atoms. The molecule has 1 aromatic heterocycles. The fraction of sp³-hybridized carbons (Fsp3) is 0.333. The summed E-state index contributed by atoms with van der Waals surface area (Å²) in [5.41, 5.74) is 2.09. The topological polar surface area (TPSA) is 118 Å². The zero-order valence-electron chi connectivity index (χ0n) is 18.6. The van der Waals surface area contributed by atoms with E-state index in [4.69, 9.17) is 4.74 Å². The van der Waals surface area contributed by atoms with Crippen LogP contribution in [-0.4, -0.2) is 40.7 Å². The third kappa shape index (κ3) is 5.87. The molecule has 0 radical (unpaired) electrons. The maximum absolute atomic E-state index is 12.7. The van der Waals surface area contributed by atoms with Gasteiger partial charge in [-0.1, -0.05) is 24.6 Å². The van der Waals surface area contributed by atoms with E-state index in [9.17, 15) is 19.5 Å². The Bertz CT molecular complexity index is 1200. The van der Waals surface area contributed by atoms with Crippen LogP contribution in [-0.2, 0) is 14.4 Å². The summed E-state index contributed by atoms with van der Waals surface area (Å²) in [5, 5.41) is 15.2. The number of benzene rings is 2. The van der Waals surface area contributed by atoms with Gasteiger partial charge in [-0.05, 0) is 55.3 Å². The zero-order chi connectivity index (χ0) is 24.1. The van der Waals surface area contributed by atoms with Crippen molar-refractivity contribution >= 4 is 62.5 Å². The number of carboxylic acid groups (broad SMARTS) is 1. The minimum Gasteiger partial charge on any atom is -0.497 e. The summed E-state index contributed by atoms with van der Waals surface area (Å²) < 4.78 is 6.75. The van der Waals surface area contributed by atoms with E-state index in [1.165, 1.54) is 23.1 Å². The Balaban J connectivity index is 1.35. The predicted octanol–water partition coefficient (Wildman–Crippen LogP) is 4.87. The van der Waals surface area contributed by atoms with Gasteiger partial charge in [-0.3, -0.25) is 14.4 Å². The van der Waals surface area contributed by atoms with Crippen molar-refractivity contribution < 1.29 is 24.2 Å². The van der Waals surface area contributed by atoms with Gasteiger partial charge in [-0.2, -0.15) is 0 Å². The standard InChI is InChI=1S/C24H25N3O5S2/c1-32-16-9-6-14(7-10-16)25-21(28)13-33-24-27-19-11-8-15(12-20(19)34-24)26-22(29)17-4-2-3-5-18(17)23(30)31/h6-12,17-18H,2-5,13H2,1H3,(H,25,28)(H,26,29)(H,30,31)/t17-,18+/m1/s1. The highest BCUT2D eigenvalue weighted by molar-refractivity contribution is 8.01. The van der Waals surface area contributed by atoms with Gasteiger partial charge >= 0.3 is 5.97 Å². The highest BCUT2D eigenvalue weighted by atomic mass is 32.2. The van der Waals surface area contributed by atoms with Crippen molar-refractivity contribution in [3.8, 4) is 5.75 Å². The van der Waals surface area contributed by atoms with Crippen LogP contribution in [0.1, 0.15) is 25.7 Å². The number of hydrogen-bond acceptors (Lipinski definition) is 7. The van der Waals surface area contributed by atoms with E-state index in [-0.39, 0.29) is 17.6 Å². The molecule has 4 rings (SSSR count). The molecule has 0 bridgehead atoms. The maximum atomic E-state index is 12.7. The van der Waals surface area contributed by atoms with Crippen LogP contribution >= 0.6 is 23.1 Å². The van der Waals surface area contributed by atoms with Gasteiger partial charge < -0.3 is 20.5 Å². The number of carboxylic acids is 1. The monoisotopic (exact) mass is 499 g/mol. The second-order valence-electron chi connectivity index (χ2n) is 8.05. The molecular weight excluding hydrogens is 474 g/mol.